The van der Waals surface area contributed by atoms with Crippen LogP contribution in [0.1, 0.15) is 123 Å². The van der Waals surface area contributed by atoms with Crippen LogP contribution in [0.5, 0.6) is 0 Å². The summed E-state index contributed by atoms with van der Waals surface area (Å²) in [5, 5.41) is 0. The average Bonchev–Trinajstić information content (AvgIpc) is 2.56. The minimum Gasteiger partial charge on any atom is -0.103 e. The van der Waals surface area contributed by atoms with Crippen LogP contribution in [0.3, 0.4) is 0 Å². The van der Waals surface area contributed by atoms with Crippen molar-refractivity contribution in [3.63, 3.8) is 0 Å². The third-order valence-electron chi connectivity index (χ3n) is 4.75. The van der Waals surface area contributed by atoms with Gasteiger partial charge in [-0.2, -0.15) is 0 Å². The largest absolute Gasteiger partial charge is 0.103 e. The molecule has 0 aliphatic carbocycles. The molecule has 0 saturated carbocycles. The maximum Gasteiger partial charge on any atom is -0.0320 e. The Bertz CT molecular complexity index is 261. The third-order valence-corrected chi connectivity index (χ3v) is 4.75. The van der Waals surface area contributed by atoms with Crippen LogP contribution in [0.2, 0.25) is 0 Å². The Kier molecular flexibility index (Phi) is 19.1. The van der Waals surface area contributed by atoms with Crippen molar-refractivity contribution >= 4 is 0 Å². The van der Waals surface area contributed by atoms with Gasteiger partial charge in [0.25, 0.3) is 0 Å². The monoisotopic (exact) mass is 320 g/mol. The minimum atomic E-state index is 1.20. The van der Waals surface area contributed by atoms with Gasteiger partial charge in [0.2, 0.25) is 0 Å². The molecule has 136 valence electrons. The Morgan fingerprint density at radius 1 is 0.609 bits per heavy atom. The van der Waals surface area contributed by atoms with Crippen LogP contribution in [0, 0.1) is 0 Å². The molecule has 0 spiro atoms. The molecule has 0 aliphatic rings. The van der Waals surface area contributed by atoms with E-state index in [9.17, 15) is 0 Å². The van der Waals surface area contributed by atoms with E-state index in [4.69, 9.17) is 0 Å². The zero-order valence-corrected chi connectivity index (χ0v) is 16.4. The number of hydrogen-bond donors (Lipinski definition) is 0. The van der Waals surface area contributed by atoms with Gasteiger partial charge in [0.15, 0.2) is 0 Å². The first-order valence-corrected chi connectivity index (χ1v) is 10.6. The van der Waals surface area contributed by atoms with Gasteiger partial charge in [-0.15, -0.1) is 6.58 Å². The number of rotatable bonds is 18. The van der Waals surface area contributed by atoms with Crippen molar-refractivity contribution in [2.75, 3.05) is 0 Å². The highest BCUT2D eigenvalue weighted by Gasteiger charge is 1.99. The van der Waals surface area contributed by atoms with Crippen LogP contribution in [0.15, 0.2) is 24.3 Å². The van der Waals surface area contributed by atoms with Gasteiger partial charge in [0.1, 0.15) is 0 Å². The van der Waals surface area contributed by atoms with Gasteiger partial charge >= 0.3 is 0 Å². The second kappa shape index (κ2) is 19.5. The summed E-state index contributed by atoms with van der Waals surface area (Å²) in [6.45, 7) is 8.38. The van der Waals surface area contributed by atoms with Crippen LogP contribution in [-0.2, 0) is 0 Å². The molecule has 0 amide bonds. The molecule has 0 radical (unpaired) electrons. The standard InChI is InChI=1S/C23H44/c1-4-7-10-11-12-13-14-15-16-19-22-23(20-17-8-5-2)21-18-9-6-3/h4,20H,1,5-19,21-22H2,2-3H3. The molecule has 0 bridgehead atoms. The van der Waals surface area contributed by atoms with Crippen molar-refractivity contribution in [2.24, 2.45) is 0 Å². The molecule has 0 unspecified atom stereocenters. The predicted molar refractivity (Wildman–Crippen MR) is 108 cm³/mol. The Labute approximate surface area is 147 Å². The van der Waals surface area contributed by atoms with Crippen LogP contribution >= 0.6 is 0 Å². The van der Waals surface area contributed by atoms with E-state index in [1.165, 1.54) is 109 Å². The van der Waals surface area contributed by atoms with E-state index in [2.05, 4.69) is 26.5 Å². The number of hydrogen-bond acceptors (Lipinski definition) is 0. The zero-order valence-electron chi connectivity index (χ0n) is 16.4. The van der Waals surface area contributed by atoms with Crippen LogP contribution in [0.25, 0.3) is 0 Å². The highest BCUT2D eigenvalue weighted by atomic mass is 14.1. The van der Waals surface area contributed by atoms with Crippen molar-refractivity contribution in [1.82, 2.24) is 0 Å². The first-order valence-electron chi connectivity index (χ1n) is 10.6. The topological polar surface area (TPSA) is 0 Å². The molecule has 0 heteroatoms. The first kappa shape index (κ1) is 22.5. The van der Waals surface area contributed by atoms with E-state index in [0.29, 0.717) is 0 Å². The second-order valence-electron chi connectivity index (χ2n) is 7.12. The molecule has 0 atom stereocenters. The maximum absolute atomic E-state index is 3.78. The lowest BCUT2D eigenvalue weighted by molar-refractivity contribution is 0.564. The molecule has 0 N–H and O–H groups in total. The fourth-order valence-electron chi connectivity index (χ4n) is 3.14. The average molecular weight is 321 g/mol. The Morgan fingerprint density at radius 2 is 1.13 bits per heavy atom. The molecular weight excluding hydrogens is 276 g/mol. The summed E-state index contributed by atoms with van der Waals surface area (Å²) in [7, 11) is 0. The molecular formula is C23H44. The minimum absolute atomic E-state index is 1.20. The molecule has 0 aromatic heterocycles. The quantitative estimate of drug-likeness (QED) is 0.175. The fraction of sp³-hybridized carbons (Fsp3) is 0.826. The summed E-state index contributed by atoms with van der Waals surface area (Å²) < 4.78 is 0. The summed E-state index contributed by atoms with van der Waals surface area (Å²) in [6.07, 6.45) is 28.0. The van der Waals surface area contributed by atoms with Crippen LogP contribution in [0.4, 0.5) is 0 Å². The summed E-state index contributed by atoms with van der Waals surface area (Å²) in [5.74, 6) is 0. The zero-order chi connectivity index (χ0) is 17.0. The SMILES string of the molecule is C=CCCCCCCCCCCC(=CCCCC)CCCCC. The van der Waals surface area contributed by atoms with Gasteiger partial charge < -0.3 is 0 Å². The van der Waals surface area contributed by atoms with Gasteiger partial charge in [-0.1, -0.05) is 95.8 Å². The molecule has 0 aromatic carbocycles. The van der Waals surface area contributed by atoms with Crippen molar-refractivity contribution in [3.8, 4) is 0 Å². The lowest BCUT2D eigenvalue weighted by Crippen LogP contribution is -1.88. The summed E-state index contributed by atoms with van der Waals surface area (Å²) in [5.41, 5.74) is 1.76. The van der Waals surface area contributed by atoms with E-state index in [-0.39, 0.29) is 0 Å². The number of unbranched alkanes of at least 4 members (excludes halogenated alkanes) is 12. The highest BCUT2D eigenvalue weighted by Crippen LogP contribution is 2.19. The maximum atomic E-state index is 3.78. The molecule has 0 heterocycles. The lowest BCUT2D eigenvalue weighted by Gasteiger charge is -2.08. The van der Waals surface area contributed by atoms with Crippen LogP contribution in [-0.4, -0.2) is 0 Å². The molecule has 23 heavy (non-hydrogen) atoms. The van der Waals surface area contributed by atoms with Gasteiger partial charge in [-0.3, -0.25) is 0 Å². The van der Waals surface area contributed by atoms with E-state index in [1.807, 2.05) is 6.08 Å². The van der Waals surface area contributed by atoms with Crippen molar-refractivity contribution in [3.05, 3.63) is 24.3 Å². The Balaban J connectivity index is 3.60. The molecule has 0 saturated heterocycles. The van der Waals surface area contributed by atoms with Gasteiger partial charge in [-0.05, 0) is 44.9 Å². The Hall–Kier alpha value is -0.520. The summed E-state index contributed by atoms with van der Waals surface area (Å²) in [4.78, 5) is 0. The fourth-order valence-corrected chi connectivity index (χ4v) is 3.14. The predicted octanol–water partition coefficient (Wildman–Crippen LogP) is 8.77. The first-order chi connectivity index (χ1) is 11.3. The second-order valence-corrected chi connectivity index (χ2v) is 7.12. The molecule has 0 rings (SSSR count). The Morgan fingerprint density at radius 3 is 1.70 bits per heavy atom. The molecule has 0 aliphatic heterocycles. The summed E-state index contributed by atoms with van der Waals surface area (Å²) in [6, 6.07) is 0. The van der Waals surface area contributed by atoms with Crippen molar-refractivity contribution in [2.45, 2.75) is 123 Å². The van der Waals surface area contributed by atoms with E-state index >= 15 is 0 Å². The van der Waals surface area contributed by atoms with E-state index < -0.39 is 0 Å². The van der Waals surface area contributed by atoms with Gasteiger partial charge in [0.05, 0.1) is 0 Å². The normalized spacial score (nSPS) is 11.8. The van der Waals surface area contributed by atoms with E-state index in [1.54, 1.807) is 5.57 Å². The molecule has 0 fully saturated rings. The highest BCUT2D eigenvalue weighted by molar-refractivity contribution is 5.01. The van der Waals surface area contributed by atoms with Gasteiger partial charge in [-0.25, -0.2) is 0 Å². The number of allylic oxidation sites excluding steroid dienone is 3. The summed E-state index contributed by atoms with van der Waals surface area (Å²) >= 11 is 0. The smallest absolute Gasteiger partial charge is 0.0320 e. The van der Waals surface area contributed by atoms with Crippen molar-refractivity contribution < 1.29 is 0 Å². The van der Waals surface area contributed by atoms with Gasteiger partial charge in [0, 0.05) is 0 Å². The van der Waals surface area contributed by atoms with Crippen molar-refractivity contribution in [1.29, 1.82) is 0 Å². The van der Waals surface area contributed by atoms with E-state index in [0.717, 1.165) is 0 Å². The molecule has 0 nitrogen and oxygen atoms in total. The lowest BCUT2D eigenvalue weighted by atomic mass is 9.98. The van der Waals surface area contributed by atoms with Crippen LogP contribution < -0.4 is 0 Å². The molecule has 0 aromatic rings. The third kappa shape index (κ3) is 17.7.